The molecule has 4 fully saturated rings. The van der Waals surface area contributed by atoms with Gasteiger partial charge in [0.2, 0.25) is 0 Å². The molecule has 3 aliphatic heterocycles. The van der Waals surface area contributed by atoms with E-state index < -0.39 is 0 Å². The summed E-state index contributed by atoms with van der Waals surface area (Å²) in [6, 6.07) is 4.87. The molecule has 0 amide bonds. The molecule has 1 aromatic heterocycles. The van der Waals surface area contributed by atoms with Crippen molar-refractivity contribution in [1.29, 1.82) is 5.41 Å². The second-order valence-electron chi connectivity index (χ2n) is 12.1. The number of hydrogen-bond acceptors (Lipinski definition) is 9. The van der Waals surface area contributed by atoms with Crippen LogP contribution in [0, 0.1) is 18.2 Å². The van der Waals surface area contributed by atoms with E-state index in [-0.39, 0.29) is 11.9 Å². The van der Waals surface area contributed by atoms with Gasteiger partial charge in [-0.15, -0.1) is 0 Å². The first-order chi connectivity index (χ1) is 21.4. The monoisotopic (exact) mass is 924 g/mol. The van der Waals surface area contributed by atoms with Crippen LogP contribution in [-0.4, -0.2) is 89.2 Å². The summed E-state index contributed by atoms with van der Waals surface area (Å²) in [5, 5.41) is 16.3. The molecule has 3 aromatic rings. The minimum absolute atomic E-state index is 0.0232. The summed E-state index contributed by atoms with van der Waals surface area (Å²) >= 11 is 2.95. The summed E-state index contributed by atoms with van der Waals surface area (Å²) in [6.45, 7) is 6.90. The molecule has 0 spiro atoms. The molecule has 230 valence electrons. The molecule has 2 bridgehead atoms. The molecule has 4 aliphatic rings. The number of hydrogen-bond donors (Lipinski definition) is 3. The first kappa shape index (κ1) is 31.1. The molecule has 3 atom stereocenters. The Hall–Kier alpha value is -1.55. The number of ether oxygens (including phenoxy) is 3. The Balaban J connectivity index is 1.53. The fraction of sp³-hybridized carbons (Fsp3) is 0.484. The second kappa shape index (κ2) is 12.9. The van der Waals surface area contributed by atoms with Crippen molar-refractivity contribution in [3.8, 4) is 22.9 Å². The van der Waals surface area contributed by atoms with Crippen LogP contribution in [-0.2, 0) is 4.74 Å². The molecule has 3 N–H and O–H groups in total. The number of aromatic nitrogens is 2. The van der Waals surface area contributed by atoms with Crippen LogP contribution in [0.3, 0.4) is 0 Å². The Morgan fingerprint density at radius 2 is 2.05 bits per heavy atom. The zero-order valence-corrected chi connectivity index (χ0v) is 31.8. The summed E-state index contributed by atoms with van der Waals surface area (Å²) in [4.78, 5) is 12.6. The van der Waals surface area contributed by atoms with Gasteiger partial charge in [0.25, 0.3) is 0 Å². The summed E-state index contributed by atoms with van der Waals surface area (Å²) in [6.07, 6.45) is 6.41. The number of piperazine rings is 1. The van der Waals surface area contributed by atoms with Gasteiger partial charge < -0.3 is 0 Å². The fourth-order valence-corrected chi connectivity index (χ4v) is 8.45. The molecule has 2 radical (unpaired) electrons. The van der Waals surface area contributed by atoms with Gasteiger partial charge in [-0.2, -0.15) is 0 Å². The van der Waals surface area contributed by atoms with E-state index in [1.54, 1.807) is 6.92 Å². The van der Waals surface area contributed by atoms with E-state index in [1.807, 2.05) is 6.92 Å². The number of fused-ring (bicyclic) bond motifs is 3. The third-order valence-electron chi connectivity index (χ3n) is 9.12. The first-order valence-corrected chi connectivity index (χ1v) is 21.2. The number of nitrogens with zero attached hydrogens (tertiary/aromatic N) is 3. The fourth-order valence-electron chi connectivity index (χ4n) is 6.88. The molecule has 9 nitrogen and oxygen atoms in total. The average molecular weight is 924 g/mol. The van der Waals surface area contributed by atoms with Gasteiger partial charge in [-0.05, 0) is 0 Å². The SMILES string of the molecule is C[C](=[Pb])Oc1c(-c2c(C)c(F)cc(NPI)c2C=N)c(C2CC2)cc2c(N3CC4CC3CN4)nc(OC3CCOCC3)nc12. The number of benzene rings is 2. The Bertz CT molecular complexity index is 1650. The van der Waals surface area contributed by atoms with Crippen LogP contribution in [0.15, 0.2) is 12.1 Å². The summed E-state index contributed by atoms with van der Waals surface area (Å²) in [5.41, 5.74) is 5.07. The van der Waals surface area contributed by atoms with Crippen molar-refractivity contribution in [2.45, 2.75) is 70.1 Å². The molecule has 1 saturated carbocycles. The molecular formula is C31H35FIN6O3PPb. The van der Waals surface area contributed by atoms with Crippen LogP contribution >= 0.6 is 28.4 Å². The van der Waals surface area contributed by atoms with Gasteiger partial charge in [0.15, 0.2) is 0 Å². The van der Waals surface area contributed by atoms with Crippen LogP contribution in [0.4, 0.5) is 15.9 Å². The molecule has 44 heavy (non-hydrogen) atoms. The number of rotatable bonds is 10. The molecule has 13 heteroatoms. The van der Waals surface area contributed by atoms with E-state index in [2.05, 4.69) is 43.4 Å². The molecule has 2 aromatic carbocycles. The number of anilines is 2. The number of nitrogens with one attached hydrogen (secondary N) is 3. The quantitative estimate of drug-likeness (QED) is 0.102. The Labute approximate surface area is 286 Å². The molecule has 3 saturated heterocycles. The van der Waals surface area contributed by atoms with Gasteiger partial charge in [-0.1, -0.05) is 0 Å². The Morgan fingerprint density at radius 3 is 2.68 bits per heavy atom. The van der Waals surface area contributed by atoms with E-state index >= 15 is 4.39 Å². The first-order valence-electron chi connectivity index (χ1n) is 15.2. The van der Waals surface area contributed by atoms with E-state index in [0.29, 0.717) is 103 Å². The summed E-state index contributed by atoms with van der Waals surface area (Å²) in [5.74, 6) is 1.50. The molecule has 3 unspecified atom stereocenters. The van der Waals surface area contributed by atoms with Gasteiger partial charge in [-0.25, -0.2) is 0 Å². The van der Waals surface area contributed by atoms with Crippen LogP contribution < -0.4 is 24.8 Å². The van der Waals surface area contributed by atoms with Gasteiger partial charge in [0.1, 0.15) is 0 Å². The van der Waals surface area contributed by atoms with Crippen molar-refractivity contribution >= 4 is 85.6 Å². The van der Waals surface area contributed by atoms with Gasteiger partial charge in [-0.3, -0.25) is 0 Å². The Morgan fingerprint density at radius 1 is 1.25 bits per heavy atom. The van der Waals surface area contributed by atoms with Crippen molar-refractivity contribution in [2.24, 2.45) is 0 Å². The van der Waals surface area contributed by atoms with Crippen LogP contribution in [0.2, 0.25) is 0 Å². The van der Waals surface area contributed by atoms with Gasteiger partial charge in [0.05, 0.1) is 0 Å². The van der Waals surface area contributed by atoms with Crippen LogP contribution in [0.5, 0.6) is 11.8 Å². The van der Waals surface area contributed by atoms with E-state index in [9.17, 15) is 0 Å². The van der Waals surface area contributed by atoms with E-state index in [0.717, 1.165) is 70.8 Å². The minimum atomic E-state index is -0.311. The second-order valence-corrected chi connectivity index (χ2v) is 16.9. The third kappa shape index (κ3) is 5.88. The van der Waals surface area contributed by atoms with Crippen LogP contribution in [0.25, 0.3) is 22.0 Å². The molecule has 1 aliphatic carbocycles. The molecule has 7 rings (SSSR count). The maximum absolute atomic E-state index is 15.7. The van der Waals surface area contributed by atoms with E-state index in [1.165, 1.54) is 12.3 Å². The van der Waals surface area contributed by atoms with Crippen molar-refractivity contribution in [3.05, 3.63) is 34.6 Å². The Kier molecular flexibility index (Phi) is 9.13. The zero-order valence-electron chi connectivity index (χ0n) is 24.7. The maximum atomic E-state index is 15.7. The third-order valence-corrected chi connectivity index (χ3v) is 10.7. The number of halogens is 2. The zero-order chi connectivity index (χ0) is 30.5. The predicted molar refractivity (Wildman–Crippen MR) is 185 cm³/mol. The topological polar surface area (TPSA) is 105 Å². The molecular weight excluding hydrogens is 888 g/mol. The predicted octanol–water partition coefficient (Wildman–Crippen LogP) is 5.78. The van der Waals surface area contributed by atoms with E-state index in [4.69, 9.17) is 29.6 Å². The summed E-state index contributed by atoms with van der Waals surface area (Å²) in [7, 11) is 0. The van der Waals surface area contributed by atoms with Crippen LogP contribution in [0.1, 0.15) is 61.6 Å². The normalized spacial score (nSPS) is 21.9. The molecule has 4 heterocycles. The summed E-state index contributed by atoms with van der Waals surface area (Å²) < 4.78 is 35.3. The van der Waals surface area contributed by atoms with Gasteiger partial charge in [0, 0.05) is 0 Å². The van der Waals surface area contributed by atoms with Gasteiger partial charge >= 0.3 is 289 Å². The standard InChI is InChI=1S/C31H35FIN6O3P.Pb/c1-3-41-29-27(26-16(2)24(32)12-25(38-43-33)23(26)13-34)21(17-4-5-17)11-22-28(29)36-31(42-20-6-8-40-9-7-20)37-30(22)39-15-18-10-19(39)14-35-18;/h11-13,17-20,34-35,38,43H,4-10,14-15H2,1-2H3;. The van der Waals surface area contributed by atoms with Crippen molar-refractivity contribution in [1.82, 2.24) is 15.3 Å². The average Bonchev–Trinajstić information content (AvgIpc) is 3.64. The van der Waals surface area contributed by atoms with Crippen molar-refractivity contribution in [3.63, 3.8) is 0 Å². The van der Waals surface area contributed by atoms with Crippen molar-refractivity contribution < 1.29 is 18.6 Å². The van der Waals surface area contributed by atoms with Crippen molar-refractivity contribution in [2.75, 3.05) is 36.3 Å².